The Kier molecular flexibility index (Phi) is 6.37. The van der Waals surface area contributed by atoms with E-state index in [1.54, 1.807) is 0 Å². The molecule has 2 aliphatic heterocycles. The molecule has 0 atom stereocenters. The lowest BCUT2D eigenvalue weighted by atomic mass is 9.99. The van der Waals surface area contributed by atoms with Crippen molar-refractivity contribution in [3.05, 3.63) is 70.1 Å². The Morgan fingerprint density at radius 2 is 1.67 bits per heavy atom. The van der Waals surface area contributed by atoms with Gasteiger partial charge in [0.1, 0.15) is 0 Å². The van der Waals surface area contributed by atoms with Gasteiger partial charge in [-0.2, -0.15) is 0 Å². The maximum Gasteiger partial charge on any atom is 0.268 e. The molecule has 0 aromatic heterocycles. The lowest BCUT2D eigenvalue weighted by molar-refractivity contribution is -0.136. The lowest BCUT2D eigenvalue weighted by Gasteiger charge is -2.28. The molecule has 2 aromatic rings. The average Bonchev–Trinajstić information content (AvgIpc) is 2.98. The molecule has 1 saturated heterocycles. The van der Waals surface area contributed by atoms with Crippen LogP contribution in [0.3, 0.4) is 0 Å². The van der Waals surface area contributed by atoms with Crippen LogP contribution in [0.4, 0.5) is 0 Å². The number of benzene rings is 2. The number of amides is 2. The van der Waals surface area contributed by atoms with Gasteiger partial charge in [0.2, 0.25) is 0 Å². The first-order chi connectivity index (χ1) is 14.5. The fraction of sp³-hybridized carbons (Fsp3) is 0.333. The molecule has 2 heterocycles. The third kappa shape index (κ3) is 4.36. The summed E-state index contributed by atoms with van der Waals surface area (Å²) in [6.45, 7) is 8.15. The fourth-order valence-corrected chi connectivity index (χ4v) is 4.88. The second-order valence-corrected chi connectivity index (χ2v) is 8.74. The number of thioether (sulfide) groups is 1. The highest BCUT2D eigenvalue weighted by Crippen LogP contribution is 2.40. The van der Waals surface area contributed by atoms with Crippen LogP contribution in [-0.4, -0.2) is 61.0 Å². The van der Waals surface area contributed by atoms with Gasteiger partial charge in [-0.3, -0.25) is 19.4 Å². The molecule has 4 rings (SSSR count). The number of hydrogen-bond acceptors (Lipinski definition) is 5. The summed E-state index contributed by atoms with van der Waals surface area (Å²) in [6, 6.07) is 15.8. The van der Waals surface area contributed by atoms with Gasteiger partial charge in [0.05, 0.1) is 23.7 Å². The summed E-state index contributed by atoms with van der Waals surface area (Å²) in [5.74, 6) is -0.393. The first kappa shape index (κ1) is 20.8. The van der Waals surface area contributed by atoms with E-state index in [1.807, 2.05) is 56.3 Å². The van der Waals surface area contributed by atoms with Crippen LogP contribution in [0.1, 0.15) is 16.7 Å². The van der Waals surface area contributed by atoms with E-state index in [4.69, 9.17) is 4.74 Å². The molecule has 0 bridgehead atoms. The number of aryl methyl sites for hydroxylation is 2. The van der Waals surface area contributed by atoms with E-state index in [1.165, 1.54) is 16.7 Å². The van der Waals surface area contributed by atoms with Crippen LogP contribution in [0.2, 0.25) is 0 Å². The molecule has 6 heteroatoms. The van der Waals surface area contributed by atoms with Gasteiger partial charge in [-0.25, -0.2) is 0 Å². The topological polar surface area (TPSA) is 49.9 Å². The molecule has 2 aliphatic rings. The highest BCUT2D eigenvalue weighted by molar-refractivity contribution is 8.04. The van der Waals surface area contributed by atoms with Crippen molar-refractivity contribution >= 4 is 29.1 Å². The number of carbonyl (C=O) groups is 2. The summed E-state index contributed by atoms with van der Waals surface area (Å²) < 4.78 is 5.39. The second kappa shape index (κ2) is 9.16. The minimum atomic E-state index is -0.197. The Hall–Kier alpha value is -2.41. The van der Waals surface area contributed by atoms with Crippen LogP contribution in [0.5, 0.6) is 0 Å². The van der Waals surface area contributed by atoms with E-state index in [9.17, 15) is 9.59 Å². The summed E-state index contributed by atoms with van der Waals surface area (Å²) >= 11 is 1.38. The first-order valence-corrected chi connectivity index (χ1v) is 11.1. The zero-order chi connectivity index (χ0) is 21.1. The summed E-state index contributed by atoms with van der Waals surface area (Å²) in [5, 5.41) is 0. The average molecular weight is 423 g/mol. The number of nitrogens with zero attached hydrogens (tertiary/aromatic N) is 2. The van der Waals surface area contributed by atoms with Gasteiger partial charge in [-0.05, 0) is 37.1 Å². The Morgan fingerprint density at radius 1 is 0.933 bits per heavy atom. The van der Waals surface area contributed by atoms with Crippen molar-refractivity contribution in [2.24, 2.45) is 0 Å². The second-order valence-electron chi connectivity index (χ2n) is 7.65. The number of imide groups is 1. The standard InChI is InChI=1S/C24H26N2O3S/c1-17-8-9-20(18(2)16-17)21-22(30-19-6-4-3-5-7-19)24(28)26(23(21)27)11-10-25-12-14-29-15-13-25/h3-9,16H,10-15H2,1-2H3. The number of carbonyl (C=O) groups excluding carboxylic acids is 2. The molecule has 0 radical (unpaired) electrons. The van der Waals surface area contributed by atoms with Crippen molar-refractivity contribution in [3.8, 4) is 0 Å². The third-order valence-corrected chi connectivity index (χ3v) is 6.57. The molecular weight excluding hydrogens is 396 g/mol. The summed E-state index contributed by atoms with van der Waals surface area (Å²) in [6.07, 6.45) is 0. The van der Waals surface area contributed by atoms with E-state index in [0.717, 1.165) is 34.7 Å². The SMILES string of the molecule is Cc1ccc(C2=C(Sc3ccccc3)C(=O)N(CCN3CCOCC3)C2=O)c(C)c1. The zero-order valence-corrected chi connectivity index (χ0v) is 18.2. The molecule has 156 valence electrons. The smallest absolute Gasteiger partial charge is 0.268 e. The predicted octanol–water partition coefficient (Wildman–Crippen LogP) is 3.51. The molecule has 30 heavy (non-hydrogen) atoms. The quantitative estimate of drug-likeness (QED) is 0.667. The number of morpholine rings is 1. The van der Waals surface area contributed by atoms with Gasteiger partial charge in [0, 0.05) is 31.1 Å². The summed E-state index contributed by atoms with van der Waals surface area (Å²) in [5.41, 5.74) is 3.50. The predicted molar refractivity (Wildman–Crippen MR) is 119 cm³/mol. The molecule has 5 nitrogen and oxygen atoms in total. The number of hydrogen-bond donors (Lipinski definition) is 0. The highest BCUT2D eigenvalue weighted by Gasteiger charge is 2.39. The van der Waals surface area contributed by atoms with Gasteiger partial charge in [-0.15, -0.1) is 0 Å². The Bertz CT molecular complexity index is 981. The first-order valence-electron chi connectivity index (χ1n) is 10.3. The van der Waals surface area contributed by atoms with Crippen molar-refractivity contribution in [1.82, 2.24) is 9.80 Å². The normalized spacial score (nSPS) is 17.9. The van der Waals surface area contributed by atoms with E-state index < -0.39 is 0 Å². The lowest BCUT2D eigenvalue weighted by Crippen LogP contribution is -2.43. The van der Waals surface area contributed by atoms with Gasteiger partial charge < -0.3 is 4.74 Å². The van der Waals surface area contributed by atoms with Crippen LogP contribution in [0.25, 0.3) is 5.57 Å². The van der Waals surface area contributed by atoms with Crippen molar-refractivity contribution < 1.29 is 14.3 Å². The monoisotopic (exact) mass is 422 g/mol. The van der Waals surface area contributed by atoms with Crippen molar-refractivity contribution in [1.29, 1.82) is 0 Å². The van der Waals surface area contributed by atoms with Crippen molar-refractivity contribution in [3.63, 3.8) is 0 Å². The van der Waals surface area contributed by atoms with Gasteiger partial charge in [0.15, 0.2) is 0 Å². The molecule has 2 amide bonds. The maximum absolute atomic E-state index is 13.4. The van der Waals surface area contributed by atoms with Gasteiger partial charge in [-0.1, -0.05) is 53.7 Å². The molecule has 0 aliphatic carbocycles. The van der Waals surface area contributed by atoms with Crippen LogP contribution < -0.4 is 0 Å². The molecular formula is C24H26N2O3S. The fourth-order valence-electron chi connectivity index (χ4n) is 3.86. The number of ether oxygens (including phenoxy) is 1. The Morgan fingerprint density at radius 3 is 2.37 bits per heavy atom. The Balaban J connectivity index is 1.65. The molecule has 0 unspecified atom stereocenters. The minimum absolute atomic E-state index is 0.196. The third-order valence-electron chi connectivity index (χ3n) is 5.48. The van der Waals surface area contributed by atoms with E-state index in [2.05, 4.69) is 11.0 Å². The molecule has 2 aromatic carbocycles. The van der Waals surface area contributed by atoms with Crippen molar-refractivity contribution in [2.75, 3.05) is 39.4 Å². The van der Waals surface area contributed by atoms with Gasteiger partial charge >= 0.3 is 0 Å². The van der Waals surface area contributed by atoms with E-state index in [0.29, 0.717) is 36.8 Å². The van der Waals surface area contributed by atoms with E-state index in [-0.39, 0.29) is 11.8 Å². The largest absolute Gasteiger partial charge is 0.379 e. The van der Waals surface area contributed by atoms with Crippen molar-refractivity contribution in [2.45, 2.75) is 18.7 Å². The van der Waals surface area contributed by atoms with Crippen LogP contribution in [-0.2, 0) is 14.3 Å². The summed E-state index contributed by atoms with van der Waals surface area (Å²) in [7, 11) is 0. The Labute approximate surface area is 181 Å². The van der Waals surface area contributed by atoms with Crippen LogP contribution in [0, 0.1) is 13.8 Å². The molecule has 0 N–H and O–H groups in total. The van der Waals surface area contributed by atoms with Crippen LogP contribution >= 0.6 is 11.8 Å². The maximum atomic E-state index is 13.4. The van der Waals surface area contributed by atoms with E-state index >= 15 is 0 Å². The molecule has 0 spiro atoms. The van der Waals surface area contributed by atoms with Crippen LogP contribution in [0.15, 0.2) is 58.3 Å². The molecule has 1 fully saturated rings. The number of rotatable bonds is 6. The van der Waals surface area contributed by atoms with Gasteiger partial charge in [0.25, 0.3) is 11.8 Å². The minimum Gasteiger partial charge on any atom is -0.379 e. The summed E-state index contributed by atoms with van der Waals surface area (Å²) in [4.78, 5) is 31.9. The highest BCUT2D eigenvalue weighted by atomic mass is 32.2. The zero-order valence-electron chi connectivity index (χ0n) is 17.4. The molecule has 0 saturated carbocycles.